The Balaban J connectivity index is 3.60. The highest BCUT2D eigenvalue weighted by atomic mass is 16.6. The van der Waals surface area contributed by atoms with Gasteiger partial charge in [0.25, 0.3) is 0 Å². The minimum atomic E-state index is -1.10. The molecule has 9 nitrogen and oxygen atoms in total. The SMILES string of the molecule is NCCCCC(N)C(=O)NCCNC(=O)OCC(O)CO. The lowest BCUT2D eigenvalue weighted by Gasteiger charge is -2.13. The molecule has 2 unspecified atom stereocenters. The molecule has 0 aromatic heterocycles. The molecule has 2 atom stereocenters. The van der Waals surface area contributed by atoms with Crippen LogP contribution in [0.4, 0.5) is 4.79 Å². The van der Waals surface area contributed by atoms with E-state index >= 15 is 0 Å². The molecule has 0 saturated carbocycles. The van der Waals surface area contributed by atoms with Gasteiger partial charge in [-0.05, 0) is 19.4 Å². The van der Waals surface area contributed by atoms with Crippen molar-refractivity contribution in [1.29, 1.82) is 0 Å². The van der Waals surface area contributed by atoms with Crippen molar-refractivity contribution < 1.29 is 24.5 Å². The number of hydrogen-bond donors (Lipinski definition) is 6. The Morgan fingerprint density at radius 1 is 1.19 bits per heavy atom. The van der Waals surface area contributed by atoms with Crippen LogP contribution in [0.5, 0.6) is 0 Å². The van der Waals surface area contributed by atoms with Gasteiger partial charge < -0.3 is 37.1 Å². The van der Waals surface area contributed by atoms with E-state index in [1.165, 1.54) is 0 Å². The molecule has 0 bridgehead atoms. The summed E-state index contributed by atoms with van der Waals surface area (Å²) in [6.07, 6.45) is 0.361. The summed E-state index contributed by atoms with van der Waals surface area (Å²) in [6, 6.07) is -0.580. The molecule has 0 fully saturated rings. The molecule has 0 aliphatic carbocycles. The van der Waals surface area contributed by atoms with E-state index in [0.717, 1.165) is 12.8 Å². The largest absolute Gasteiger partial charge is 0.447 e. The Bertz CT molecular complexity index is 303. The summed E-state index contributed by atoms with van der Waals surface area (Å²) in [5, 5.41) is 22.5. The van der Waals surface area contributed by atoms with E-state index in [4.69, 9.17) is 21.7 Å². The molecule has 0 saturated heterocycles. The van der Waals surface area contributed by atoms with Crippen molar-refractivity contribution in [1.82, 2.24) is 10.6 Å². The molecule has 0 spiro atoms. The van der Waals surface area contributed by atoms with E-state index in [1.807, 2.05) is 0 Å². The molecule has 8 N–H and O–H groups in total. The van der Waals surface area contributed by atoms with Crippen molar-refractivity contribution in [2.45, 2.75) is 31.4 Å². The van der Waals surface area contributed by atoms with Crippen molar-refractivity contribution in [3.05, 3.63) is 0 Å². The number of hydrogen-bond acceptors (Lipinski definition) is 7. The van der Waals surface area contributed by atoms with E-state index in [0.29, 0.717) is 13.0 Å². The Labute approximate surface area is 124 Å². The quantitative estimate of drug-likeness (QED) is 0.233. The number of carbonyl (C=O) groups excluding carboxylic acids is 2. The maximum absolute atomic E-state index is 11.6. The van der Waals surface area contributed by atoms with Gasteiger partial charge in [0.1, 0.15) is 12.7 Å². The predicted molar refractivity (Wildman–Crippen MR) is 76.3 cm³/mol. The second kappa shape index (κ2) is 12.3. The van der Waals surface area contributed by atoms with Crippen LogP contribution in [-0.4, -0.2) is 67.2 Å². The zero-order chi connectivity index (χ0) is 16.1. The molecular weight excluding hydrogens is 280 g/mol. The van der Waals surface area contributed by atoms with Crippen LogP contribution in [0.25, 0.3) is 0 Å². The van der Waals surface area contributed by atoms with Gasteiger partial charge in [-0.3, -0.25) is 4.79 Å². The predicted octanol–water partition coefficient (Wildman–Crippen LogP) is -2.36. The summed E-state index contributed by atoms with van der Waals surface area (Å²) in [5.74, 6) is -0.280. The molecule has 0 rings (SSSR count). The van der Waals surface area contributed by atoms with Gasteiger partial charge in [0.2, 0.25) is 5.91 Å². The Kier molecular flexibility index (Phi) is 11.5. The molecule has 124 valence electrons. The molecular formula is C12H26N4O5. The fraction of sp³-hybridized carbons (Fsp3) is 0.833. The number of alkyl carbamates (subject to hydrolysis) is 1. The highest BCUT2D eigenvalue weighted by molar-refractivity contribution is 5.81. The van der Waals surface area contributed by atoms with E-state index in [1.54, 1.807) is 0 Å². The van der Waals surface area contributed by atoms with Gasteiger partial charge in [-0.25, -0.2) is 4.79 Å². The first-order valence-electron chi connectivity index (χ1n) is 6.94. The molecule has 21 heavy (non-hydrogen) atoms. The summed E-state index contributed by atoms with van der Waals surface area (Å²) < 4.78 is 4.61. The lowest BCUT2D eigenvalue weighted by molar-refractivity contribution is -0.122. The summed E-state index contributed by atoms with van der Waals surface area (Å²) in [5.41, 5.74) is 11.0. The Morgan fingerprint density at radius 3 is 2.48 bits per heavy atom. The first kappa shape index (κ1) is 19.6. The van der Waals surface area contributed by atoms with Crippen molar-refractivity contribution in [3.63, 3.8) is 0 Å². The van der Waals surface area contributed by atoms with Crippen LogP contribution in [-0.2, 0) is 9.53 Å². The van der Waals surface area contributed by atoms with Crippen molar-refractivity contribution in [2.75, 3.05) is 32.8 Å². The molecule has 0 radical (unpaired) electrons. The second-order valence-electron chi connectivity index (χ2n) is 4.54. The Hall–Kier alpha value is -1.42. The molecule has 2 amide bonds. The molecule has 9 heteroatoms. The smallest absolute Gasteiger partial charge is 0.407 e. The maximum atomic E-state index is 11.6. The average Bonchev–Trinajstić information content (AvgIpc) is 2.48. The van der Waals surface area contributed by atoms with Crippen LogP contribution in [0.1, 0.15) is 19.3 Å². The van der Waals surface area contributed by atoms with E-state index in [-0.39, 0.29) is 25.6 Å². The molecule has 0 aliphatic heterocycles. The fourth-order valence-electron chi connectivity index (χ4n) is 1.40. The van der Waals surface area contributed by atoms with Gasteiger partial charge >= 0.3 is 6.09 Å². The number of aliphatic hydroxyl groups excluding tert-OH is 2. The second-order valence-corrected chi connectivity index (χ2v) is 4.54. The van der Waals surface area contributed by atoms with Crippen molar-refractivity contribution in [3.8, 4) is 0 Å². The van der Waals surface area contributed by atoms with Crippen LogP contribution in [0.3, 0.4) is 0 Å². The number of rotatable bonds is 11. The third-order valence-electron chi connectivity index (χ3n) is 2.62. The standard InChI is InChI=1S/C12H26N4O5/c13-4-2-1-3-10(14)11(19)15-5-6-16-12(20)21-8-9(18)7-17/h9-10,17-18H,1-8,13-14H2,(H,15,19)(H,16,20). The topological polar surface area (TPSA) is 160 Å². The van der Waals surface area contributed by atoms with Gasteiger partial charge in [0, 0.05) is 13.1 Å². The molecule has 0 aliphatic rings. The van der Waals surface area contributed by atoms with E-state index in [2.05, 4.69) is 15.4 Å². The van der Waals surface area contributed by atoms with Gasteiger partial charge in [-0.15, -0.1) is 0 Å². The fourth-order valence-corrected chi connectivity index (χ4v) is 1.40. The summed E-state index contributed by atoms with van der Waals surface area (Å²) >= 11 is 0. The highest BCUT2D eigenvalue weighted by Crippen LogP contribution is 1.97. The lowest BCUT2D eigenvalue weighted by Crippen LogP contribution is -2.43. The summed E-state index contributed by atoms with van der Waals surface area (Å²) in [6.45, 7) is 0.202. The van der Waals surface area contributed by atoms with Gasteiger partial charge in [-0.1, -0.05) is 6.42 Å². The van der Waals surface area contributed by atoms with Gasteiger partial charge in [-0.2, -0.15) is 0 Å². The van der Waals surface area contributed by atoms with E-state index < -0.39 is 24.8 Å². The molecule has 0 aromatic carbocycles. The zero-order valence-corrected chi connectivity index (χ0v) is 12.1. The Morgan fingerprint density at radius 2 is 1.86 bits per heavy atom. The lowest BCUT2D eigenvalue weighted by atomic mass is 10.1. The van der Waals surface area contributed by atoms with Gasteiger partial charge in [0.15, 0.2) is 0 Å². The number of aliphatic hydroxyl groups is 2. The molecule has 0 heterocycles. The number of nitrogens with one attached hydrogen (secondary N) is 2. The van der Waals surface area contributed by atoms with Crippen LogP contribution in [0.2, 0.25) is 0 Å². The van der Waals surface area contributed by atoms with Crippen LogP contribution in [0.15, 0.2) is 0 Å². The zero-order valence-electron chi connectivity index (χ0n) is 12.1. The third kappa shape index (κ3) is 11.0. The number of unbranched alkanes of at least 4 members (excludes halogenated alkanes) is 1. The molecule has 0 aromatic rings. The first-order chi connectivity index (χ1) is 10.0. The van der Waals surface area contributed by atoms with Crippen molar-refractivity contribution in [2.24, 2.45) is 11.5 Å². The van der Waals surface area contributed by atoms with Crippen LogP contribution in [0, 0.1) is 0 Å². The average molecular weight is 306 g/mol. The highest BCUT2D eigenvalue weighted by Gasteiger charge is 2.12. The van der Waals surface area contributed by atoms with Crippen LogP contribution < -0.4 is 22.1 Å². The van der Waals surface area contributed by atoms with E-state index in [9.17, 15) is 9.59 Å². The summed E-state index contributed by atoms with van der Waals surface area (Å²) in [4.78, 5) is 22.7. The minimum absolute atomic E-state index is 0.176. The van der Waals surface area contributed by atoms with Crippen molar-refractivity contribution >= 4 is 12.0 Å². The number of amides is 2. The normalized spacial score (nSPS) is 13.3. The third-order valence-corrected chi connectivity index (χ3v) is 2.62. The number of carbonyl (C=O) groups is 2. The monoisotopic (exact) mass is 306 g/mol. The van der Waals surface area contributed by atoms with Gasteiger partial charge in [0.05, 0.1) is 12.6 Å². The number of nitrogens with two attached hydrogens (primary N) is 2. The summed E-state index contributed by atoms with van der Waals surface area (Å²) in [7, 11) is 0. The minimum Gasteiger partial charge on any atom is -0.447 e. The number of ether oxygens (including phenoxy) is 1. The van der Waals surface area contributed by atoms with Crippen LogP contribution >= 0.6 is 0 Å². The first-order valence-corrected chi connectivity index (χ1v) is 6.94. The maximum Gasteiger partial charge on any atom is 0.407 e.